The van der Waals surface area contributed by atoms with Crippen LogP contribution in [0.5, 0.6) is 0 Å². The number of nitrogens with one attached hydrogen (secondary N) is 1. The Morgan fingerprint density at radius 1 is 1.25 bits per heavy atom. The Balaban J connectivity index is 0.00000288. The lowest BCUT2D eigenvalue weighted by Crippen LogP contribution is -2.53. The maximum absolute atomic E-state index is 5.58. The van der Waals surface area contributed by atoms with E-state index in [-0.39, 0.29) is 24.0 Å². The number of anilines is 1. The molecule has 1 aliphatic rings. The predicted molar refractivity (Wildman–Crippen MR) is 111 cm³/mol. The summed E-state index contributed by atoms with van der Waals surface area (Å²) in [4.78, 5) is 13.4. The van der Waals surface area contributed by atoms with E-state index in [1.807, 2.05) is 25.4 Å². The number of nitrogens with zero attached hydrogens (tertiary/aromatic N) is 4. The van der Waals surface area contributed by atoms with E-state index in [9.17, 15) is 0 Å². The molecule has 0 atom stereocenters. The molecule has 2 rings (SSSR count). The van der Waals surface area contributed by atoms with E-state index >= 15 is 0 Å². The molecule has 0 aliphatic carbocycles. The van der Waals surface area contributed by atoms with Crippen molar-refractivity contribution in [2.45, 2.75) is 19.8 Å². The van der Waals surface area contributed by atoms with Gasteiger partial charge in [-0.25, -0.2) is 4.98 Å². The molecule has 0 bridgehead atoms. The number of aromatic nitrogens is 1. The van der Waals surface area contributed by atoms with Crippen LogP contribution in [0, 0.1) is 0 Å². The van der Waals surface area contributed by atoms with Gasteiger partial charge in [0.05, 0.1) is 6.61 Å². The van der Waals surface area contributed by atoms with Gasteiger partial charge in [0.2, 0.25) is 0 Å². The standard InChI is InChI=1S/C17H29N5O.HI/c1-3-4-14-23-15-9-20-17(18-2)22-12-10-21(11-13-22)16-7-5-6-8-19-16;/h5-8H,3-4,9-15H2,1-2H3,(H,18,20);1H. The van der Waals surface area contributed by atoms with Gasteiger partial charge in [-0.2, -0.15) is 0 Å². The first-order valence-electron chi connectivity index (χ1n) is 8.54. The van der Waals surface area contributed by atoms with E-state index in [0.29, 0.717) is 0 Å². The third-order valence-corrected chi connectivity index (χ3v) is 3.94. The molecule has 0 radical (unpaired) electrons. The second kappa shape index (κ2) is 12.3. The molecule has 2 heterocycles. The van der Waals surface area contributed by atoms with Gasteiger partial charge in [-0.05, 0) is 18.6 Å². The summed E-state index contributed by atoms with van der Waals surface area (Å²) >= 11 is 0. The van der Waals surface area contributed by atoms with Crippen LogP contribution in [0.4, 0.5) is 5.82 Å². The van der Waals surface area contributed by atoms with Crippen molar-refractivity contribution in [2.75, 3.05) is 57.9 Å². The topological polar surface area (TPSA) is 53.0 Å². The number of rotatable bonds is 7. The van der Waals surface area contributed by atoms with E-state index < -0.39 is 0 Å². The minimum absolute atomic E-state index is 0. The van der Waals surface area contributed by atoms with Gasteiger partial charge in [-0.15, -0.1) is 24.0 Å². The molecule has 1 aromatic heterocycles. The van der Waals surface area contributed by atoms with E-state index in [1.54, 1.807) is 0 Å². The molecule has 0 spiro atoms. The summed E-state index contributed by atoms with van der Waals surface area (Å²) in [6.07, 6.45) is 4.15. The summed E-state index contributed by atoms with van der Waals surface area (Å²) < 4.78 is 5.58. The molecular formula is C17H30IN5O. The molecule has 1 aliphatic heterocycles. The minimum Gasteiger partial charge on any atom is -0.380 e. The monoisotopic (exact) mass is 447 g/mol. The maximum atomic E-state index is 5.58. The Morgan fingerprint density at radius 2 is 2.04 bits per heavy atom. The van der Waals surface area contributed by atoms with Gasteiger partial charge in [-0.3, -0.25) is 4.99 Å². The Labute approximate surface area is 162 Å². The lowest BCUT2D eigenvalue weighted by Gasteiger charge is -2.37. The van der Waals surface area contributed by atoms with Gasteiger partial charge in [0.1, 0.15) is 5.82 Å². The second-order valence-electron chi connectivity index (χ2n) is 5.60. The predicted octanol–water partition coefficient (Wildman–Crippen LogP) is 2.21. The van der Waals surface area contributed by atoms with Crippen LogP contribution in [0.15, 0.2) is 29.4 Å². The fraction of sp³-hybridized carbons (Fsp3) is 0.647. The lowest BCUT2D eigenvalue weighted by molar-refractivity contribution is 0.135. The number of aliphatic imine (C=N–C) groups is 1. The lowest BCUT2D eigenvalue weighted by atomic mass is 10.3. The largest absolute Gasteiger partial charge is 0.380 e. The number of piperazine rings is 1. The minimum atomic E-state index is 0. The SMILES string of the molecule is CCCCOCCNC(=NC)N1CCN(c2ccccn2)CC1.I. The molecular weight excluding hydrogens is 417 g/mol. The number of hydrogen-bond acceptors (Lipinski definition) is 4. The summed E-state index contributed by atoms with van der Waals surface area (Å²) in [6.45, 7) is 8.38. The fourth-order valence-corrected chi connectivity index (χ4v) is 2.60. The Kier molecular flexibility index (Phi) is 10.7. The van der Waals surface area contributed by atoms with Gasteiger partial charge < -0.3 is 19.9 Å². The summed E-state index contributed by atoms with van der Waals surface area (Å²) in [5.74, 6) is 2.02. The number of pyridine rings is 1. The van der Waals surface area contributed by atoms with Gasteiger partial charge in [-0.1, -0.05) is 19.4 Å². The zero-order valence-electron chi connectivity index (χ0n) is 14.8. The summed E-state index contributed by atoms with van der Waals surface area (Å²) in [7, 11) is 1.84. The van der Waals surface area contributed by atoms with Crippen LogP contribution >= 0.6 is 24.0 Å². The molecule has 0 aromatic carbocycles. The number of guanidine groups is 1. The first-order chi connectivity index (χ1) is 11.3. The van der Waals surface area contributed by atoms with Gasteiger partial charge in [0.25, 0.3) is 0 Å². The third kappa shape index (κ3) is 6.80. The molecule has 0 amide bonds. The number of halogens is 1. The molecule has 1 aromatic rings. The first-order valence-corrected chi connectivity index (χ1v) is 8.54. The van der Waals surface area contributed by atoms with Crippen LogP contribution < -0.4 is 10.2 Å². The number of ether oxygens (including phenoxy) is 1. The van der Waals surface area contributed by atoms with E-state index in [1.165, 1.54) is 6.42 Å². The van der Waals surface area contributed by atoms with Crippen LogP contribution in [0.2, 0.25) is 0 Å². The van der Waals surface area contributed by atoms with Crippen molar-refractivity contribution in [3.8, 4) is 0 Å². The van der Waals surface area contributed by atoms with Crippen molar-refractivity contribution in [3.05, 3.63) is 24.4 Å². The van der Waals surface area contributed by atoms with E-state index in [2.05, 4.69) is 38.1 Å². The van der Waals surface area contributed by atoms with Crippen LogP contribution in [0.3, 0.4) is 0 Å². The molecule has 6 nitrogen and oxygen atoms in total. The zero-order chi connectivity index (χ0) is 16.3. The highest BCUT2D eigenvalue weighted by Crippen LogP contribution is 2.12. The smallest absolute Gasteiger partial charge is 0.193 e. The molecule has 0 saturated carbocycles. The van der Waals surface area contributed by atoms with Crippen molar-refractivity contribution < 1.29 is 4.74 Å². The zero-order valence-corrected chi connectivity index (χ0v) is 17.1. The molecule has 1 N–H and O–H groups in total. The Hall–Kier alpha value is -1.09. The highest BCUT2D eigenvalue weighted by molar-refractivity contribution is 14.0. The summed E-state index contributed by atoms with van der Waals surface area (Å²) in [5, 5.41) is 3.39. The van der Waals surface area contributed by atoms with Crippen molar-refractivity contribution >= 4 is 35.8 Å². The fourth-order valence-electron chi connectivity index (χ4n) is 2.60. The number of unbranched alkanes of at least 4 members (excludes halogenated alkanes) is 1. The Bertz CT molecular complexity index is 463. The van der Waals surface area contributed by atoms with Crippen LogP contribution in [0.1, 0.15) is 19.8 Å². The molecule has 24 heavy (non-hydrogen) atoms. The highest BCUT2D eigenvalue weighted by Gasteiger charge is 2.19. The van der Waals surface area contributed by atoms with Crippen LogP contribution in [-0.2, 0) is 4.74 Å². The molecule has 1 fully saturated rings. The van der Waals surface area contributed by atoms with Crippen molar-refractivity contribution in [1.29, 1.82) is 0 Å². The Morgan fingerprint density at radius 3 is 2.67 bits per heavy atom. The molecule has 0 unspecified atom stereocenters. The number of hydrogen-bond donors (Lipinski definition) is 1. The van der Waals surface area contributed by atoms with Crippen molar-refractivity contribution in [3.63, 3.8) is 0 Å². The van der Waals surface area contributed by atoms with E-state index in [0.717, 1.165) is 64.1 Å². The summed E-state index contributed by atoms with van der Waals surface area (Å²) in [6, 6.07) is 6.05. The third-order valence-electron chi connectivity index (χ3n) is 3.94. The van der Waals surface area contributed by atoms with Gasteiger partial charge >= 0.3 is 0 Å². The first kappa shape index (κ1) is 21.0. The van der Waals surface area contributed by atoms with Crippen molar-refractivity contribution in [2.24, 2.45) is 4.99 Å². The normalized spacial score (nSPS) is 15.2. The van der Waals surface area contributed by atoms with Gasteiger partial charge in [0.15, 0.2) is 5.96 Å². The average molecular weight is 447 g/mol. The quantitative estimate of drug-likeness (QED) is 0.301. The molecule has 7 heteroatoms. The van der Waals surface area contributed by atoms with Crippen LogP contribution in [-0.4, -0.2) is 68.8 Å². The maximum Gasteiger partial charge on any atom is 0.193 e. The van der Waals surface area contributed by atoms with Crippen LogP contribution in [0.25, 0.3) is 0 Å². The molecule has 1 saturated heterocycles. The van der Waals surface area contributed by atoms with Gasteiger partial charge in [0, 0.05) is 52.6 Å². The van der Waals surface area contributed by atoms with Crippen molar-refractivity contribution in [1.82, 2.24) is 15.2 Å². The average Bonchev–Trinajstić information content (AvgIpc) is 2.62. The highest BCUT2D eigenvalue weighted by atomic mass is 127. The molecule has 136 valence electrons. The summed E-state index contributed by atoms with van der Waals surface area (Å²) in [5.41, 5.74) is 0. The van der Waals surface area contributed by atoms with E-state index in [4.69, 9.17) is 4.74 Å². The second-order valence-corrected chi connectivity index (χ2v) is 5.60.